The Balaban J connectivity index is 1.93. The SMILES string of the molecule is Cc1cc2c(s1)N(N=O)c1ccccc1N=C2N1CCNCC1. The van der Waals surface area contributed by atoms with Gasteiger partial charge in [0.1, 0.15) is 10.8 Å². The number of para-hydroxylation sites is 2. The van der Waals surface area contributed by atoms with Crippen LogP contribution in [0.5, 0.6) is 0 Å². The molecule has 0 spiro atoms. The first-order valence-electron chi connectivity index (χ1n) is 7.65. The standard InChI is InChI=1S/C16H17N5OS/c1-11-10-12-15(20-8-6-17-7-9-20)18-13-4-2-3-5-14(13)21(19-22)16(12)23-11/h2-5,10,17H,6-9H2,1H3. The molecule has 0 amide bonds. The summed E-state index contributed by atoms with van der Waals surface area (Å²) in [6.45, 7) is 5.74. The Morgan fingerprint density at radius 1 is 1.26 bits per heavy atom. The number of nitrogens with zero attached hydrogens (tertiary/aromatic N) is 4. The molecular formula is C16H17N5OS. The molecule has 7 heteroatoms. The lowest BCUT2D eigenvalue weighted by molar-refractivity contribution is 0.358. The van der Waals surface area contributed by atoms with Crippen molar-refractivity contribution in [1.82, 2.24) is 10.2 Å². The Morgan fingerprint density at radius 3 is 2.83 bits per heavy atom. The van der Waals surface area contributed by atoms with Gasteiger partial charge < -0.3 is 10.2 Å². The van der Waals surface area contributed by atoms with Crippen molar-refractivity contribution < 1.29 is 0 Å². The molecule has 23 heavy (non-hydrogen) atoms. The largest absolute Gasteiger partial charge is 0.353 e. The number of hydrogen-bond donors (Lipinski definition) is 1. The molecule has 0 aliphatic carbocycles. The monoisotopic (exact) mass is 327 g/mol. The normalized spacial score (nSPS) is 17.2. The van der Waals surface area contributed by atoms with Crippen molar-refractivity contribution in [2.75, 3.05) is 31.2 Å². The molecule has 0 saturated carbocycles. The molecule has 2 aromatic rings. The summed E-state index contributed by atoms with van der Waals surface area (Å²) in [7, 11) is 0. The van der Waals surface area contributed by atoms with Crippen molar-refractivity contribution in [2.24, 2.45) is 10.3 Å². The van der Waals surface area contributed by atoms with Crippen LogP contribution in [0.15, 0.2) is 40.6 Å². The summed E-state index contributed by atoms with van der Waals surface area (Å²) in [4.78, 5) is 19.9. The predicted molar refractivity (Wildman–Crippen MR) is 94.1 cm³/mol. The van der Waals surface area contributed by atoms with Gasteiger partial charge in [-0.3, -0.25) is 0 Å². The Labute approximate surface area is 138 Å². The van der Waals surface area contributed by atoms with E-state index >= 15 is 0 Å². The van der Waals surface area contributed by atoms with Crippen LogP contribution in [0.4, 0.5) is 16.4 Å². The highest BCUT2D eigenvalue weighted by Gasteiger charge is 2.29. The minimum absolute atomic E-state index is 0.732. The third-order valence-electron chi connectivity index (χ3n) is 4.10. The first-order valence-corrected chi connectivity index (χ1v) is 8.47. The zero-order valence-electron chi connectivity index (χ0n) is 12.8. The number of aryl methyl sites for hydroxylation is 1. The third-order valence-corrected chi connectivity index (χ3v) is 5.13. The van der Waals surface area contributed by atoms with E-state index in [2.05, 4.69) is 21.6 Å². The molecule has 0 atom stereocenters. The van der Waals surface area contributed by atoms with Crippen LogP contribution < -0.4 is 10.3 Å². The average Bonchev–Trinajstić information content (AvgIpc) is 2.91. The lowest BCUT2D eigenvalue weighted by Crippen LogP contribution is -2.46. The Hall–Kier alpha value is -2.25. The summed E-state index contributed by atoms with van der Waals surface area (Å²) in [5.74, 6) is 0.935. The van der Waals surface area contributed by atoms with E-state index < -0.39 is 0 Å². The quantitative estimate of drug-likeness (QED) is 0.817. The number of piperazine rings is 1. The summed E-state index contributed by atoms with van der Waals surface area (Å²) < 4.78 is 0. The molecule has 1 aromatic carbocycles. The number of hydrogen-bond acceptors (Lipinski definition) is 6. The van der Waals surface area contributed by atoms with Gasteiger partial charge in [0.15, 0.2) is 0 Å². The molecule has 6 nitrogen and oxygen atoms in total. The van der Waals surface area contributed by atoms with Crippen LogP contribution in [0, 0.1) is 11.8 Å². The van der Waals surface area contributed by atoms with Crippen LogP contribution in [0.3, 0.4) is 0 Å². The van der Waals surface area contributed by atoms with Gasteiger partial charge in [0.25, 0.3) is 0 Å². The number of fused-ring (bicyclic) bond motifs is 2. The van der Waals surface area contributed by atoms with Crippen molar-refractivity contribution in [1.29, 1.82) is 0 Å². The van der Waals surface area contributed by atoms with E-state index in [9.17, 15) is 4.91 Å². The number of benzene rings is 1. The molecule has 2 aliphatic heterocycles. The van der Waals surface area contributed by atoms with Gasteiger partial charge in [0.2, 0.25) is 0 Å². The maximum Gasteiger partial charge on any atom is 0.139 e. The smallest absolute Gasteiger partial charge is 0.139 e. The zero-order chi connectivity index (χ0) is 15.8. The van der Waals surface area contributed by atoms with E-state index in [0.29, 0.717) is 0 Å². The van der Waals surface area contributed by atoms with E-state index in [1.807, 2.05) is 31.2 Å². The summed E-state index contributed by atoms with van der Waals surface area (Å²) in [5.41, 5.74) is 2.50. The number of aliphatic imine (C=N–C) groups is 1. The van der Waals surface area contributed by atoms with Crippen LogP contribution in [-0.4, -0.2) is 36.9 Å². The molecule has 2 aliphatic rings. The van der Waals surface area contributed by atoms with Crippen LogP contribution >= 0.6 is 11.3 Å². The second-order valence-electron chi connectivity index (χ2n) is 5.63. The molecule has 1 saturated heterocycles. The van der Waals surface area contributed by atoms with Crippen LogP contribution in [0.2, 0.25) is 0 Å². The van der Waals surface area contributed by atoms with Gasteiger partial charge in [-0.1, -0.05) is 12.1 Å². The number of rotatable bonds is 1. The average molecular weight is 327 g/mol. The van der Waals surface area contributed by atoms with E-state index in [1.165, 1.54) is 5.01 Å². The molecule has 1 fully saturated rings. The van der Waals surface area contributed by atoms with Crippen LogP contribution in [0.25, 0.3) is 0 Å². The first kappa shape index (κ1) is 14.3. The molecule has 4 rings (SSSR count). The van der Waals surface area contributed by atoms with Gasteiger partial charge in [0, 0.05) is 31.1 Å². The van der Waals surface area contributed by atoms with Crippen molar-refractivity contribution in [2.45, 2.75) is 6.92 Å². The zero-order valence-corrected chi connectivity index (χ0v) is 13.6. The highest BCUT2D eigenvalue weighted by Crippen LogP contribution is 2.44. The molecular weight excluding hydrogens is 310 g/mol. The third kappa shape index (κ3) is 2.42. The minimum atomic E-state index is 0.732. The second-order valence-corrected chi connectivity index (χ2v) is 6.87. The number of amidine groups is 1. The molecule has 1 N–H and O–H groups in total. The van der Waals surface area contributed by atoms with Gasteiger partial charge in [-0.15, -0.1) is 16.2 Å². The summed E-state index contributed by atoms with van der Waals surface area (Å²) >= 11 is 1.58. The molecule has 1 aromatic heterocycles. The Bertz CT molecular complexity index is 779. The van der Waals surface area contributed by atoms with E-state index in [1.54, 1.807) is 11.3 Å². The van der Waals surface area contributed by atoms with Gasteiger partial charge >= 0.3 is 0 Å². The van der Waals surface area contributed by atoms with Crippen molar-refractivity contribution in [3.8, 4) is 0 Å². The van der Waals surface area contributed by atoms with Crippen molar-refractivity contribution in [3.05, 3.63) is 45.7 Å². The number of anilines is 2. The predicted octanol–water partition coefficient (Wildman–Crippen LogP) is 3.17. The molecule has 0 radical (unpaired) electrons. The fourth-order valence-electron chi connectivity index (χ4n) is 3.04. The van der Waals surface area contributed by atoms with E-state index in [0.717, 1.165) is 58.8 Å². The van der Waals surface area contributed by atoms with Crippen molar-refractivity contribution in [3.63, 3.8) is 0 Å². The lowest BCUT2D eigenvalue weighted by Gasteiger charge is -2.30. The van der Waals surface area contributed by atoms with Crippen LogP contribution in [0.1, 0.15) is 10.4 Å². The second kappa shape index (κ2) is 5.75. The molecule has 3 heterocycles. The molecule has 118 valence electrons. The van der Waals surface area contributed by atoms with Gasteiger partial charge in [-0.25, -0.2) is 4.99 Å². The molecule has 0 unspecified atom stereocenters. The highest BCUT2D eigenvalue weighted by molar-refractivity contribution is 7.16. The van der Waals surface area contributed by atoms with Gasteiger partial charge in [-0.05, 0) is 25.1 Å². The van der Waals surface area contributed by atoms with Gasteiger partial charge in [-0.2, -0.15) is 5.01 Å². The number of thiophene rings is 1. The lowest BCUT2D eigenvalue weighted by atomic mass is 10.2. The molecule has 0 bridgehead atoms. The summed E-state index contributed by atoms with van der Waals surface area (Å²) in [6.07, 6.45) is 0. The summed E-state index contributed by atoms with van der Waals surface area (Å²) in [5, 5.41) is 8.96. The van der Waals surface area contributed by atoms with Crippen molar-refractivity contribution >= 4 is 33.5 Å². The first-order chi connectivity index (χ1) is 11.3. The highest BCUT2D eigenvalue weighted by atomic mass is 32.1. The Kier molecular flexibility index (Phi) is 3.59. The summed E-state index contributed by atoms with van der Waals surface area (Å²) in [6, 6.07) is 9.76. The minimum Gasteiger partial charge on any atom is -0.353 e. The van der Waals surface area contributed by atoms with E-state index in [4.69, 9.17) is 4.99 Å². The number of nitrogens with one attached hydrogen (secondary N) is 1. The topological polar surface area (TPSA) is 60.3 Å². The van der Waals surface area contributed by atoms with Crippen LogP contribution in [-0.2, 0) is 0 Å². The van der Waals surface area contributed by atoms with Gasteiger partial charge in [0.05, 0.1) is 22.2 Å². The maximum absolute atomic E-state index is 11.5. The fourth-order valence-corrected chi connectivity index (χ4v) is 4.00. The number of nitroso groups, excluding NO2 is 1. The fraction of sp³-hybridized carbons (Fsp3) is 0.312. The Morgan fingerprint density at radius 2 is 2.04 bits per heavy atom. The maximum atomic E-state index is 11.5. The van der Waals surface area contributed by atoms with E-state index in [-0.39, 0.29) is 0 Å².